The predicted octanol–water partition coefficient (Wildman–Crippen LogP) is 2.73. The van der Waals surface area contributed by atoms with Gasteiger partial charge in [-0.25, -0.2) is 9.69 Å². The topological polar surface area (TPSA) is 84.9 Å². The van der Waals surface area contributed by atoms with E-state index in [1.54, 1.807) is 18.2 Å². The monoisotopic (exact) mass is 418 g/mol. The van der Waals surface area contributed by atoms with Crippen molar-refractivity contribution in [3.8, 4) is 0 Å². The molecule has 5 rings (SSSR count). The van der Waals surface area contributed by atoms with Crippen molar-refractivity contribution in [3.63, 3.8) is 0 Å². The lowest BCUT2D eigenvalue weighted by Gasteiger charge is -2.28. The quantitative estimate of drug-likeness (QED) is 0.596. The van der Waals surface area contributed by atoms with Crippen molar-refractivity contribution in [2.75, 3.05) is 11.4 Å². The van der Waals surface area contributed by atoms with E-state index in [-0.39, 0.29) is 25.0 Å². The van der Waals surface area contributed by atoms with Crippen LogP contribution in [0.3, 0.4) is 0 Å². The van der Waals surface area contributed by atoms with Crippen molar-refractivity contribution in [2.24, 2.45) is 11.8 Å². The highest BCUT2D eigenvalue weighted by Crippen LogP contribution is 2.52. The van der Waals surface area contributed by atoms with Gasteiger partial charge in [-0.05, 0) is 24.6 Å². The molecule has 2 fully saturated rings. The maximum absolute atomic E-state index is 13.3. The lowest BCUT2D eigenvalue weighted by Crippen LogP contribution is -2.49. The second-order valence-corrected chi connectivity index (χ2v) is 8.16. The van der Waals surface area contributed by atoms with Crippen molar-refractivity contribution >= 4 is 23.6 Å². The summed E-state index contributed by atoms with van der Waals surface area (Å²) in [5.41, 5.74) is 1.43. The largest absolute Gasteiger partial charge is 0.445 e. The van der Waals surface area contributed by atoms with Crippen LogP contribution in [0.1, 0.15) is 11.1 Å². The molecule has 7 nitrogen and oxygen atoms in total. The van der Waals surface area contributed by atoms with Crippen molar-refractivity contribution in [1.82, 2.24) is 5.32 Å². The molecule has 0 aromatic heterocycles. The highest BCUT2D eigenvalue weighted by molar-refractivity contribution is 6.23. The van der Waals surface area contributed by atoms with E-state index in [0.29, 0.717) is 5.69 Å². The molecule has 3 heterocycles. The zero-order valence-electron chi connectivity index (χ0n) is 17.0. The van der Waals surface area contributed by atoms with Crippen molar-refractivity contribution < 1.29 is 23.9 Å². The summed E-state index contributed by atoms with van der Waals surface area (Å²) >= 11 is 0. The Morgan fingerprint density at radius 3 is 2.58 bits per heavy atom. The predicted molar refractivity (Wildman–Crippen MR) is 112 cm³/mol. The fourth-order valence-electron chi connectivity index (χ4n) is 4.64. The first-order valence-electron chi connectivity index (χ1n) is 10.2. The first-order valence-corrected chi connectivity index (χ1v) is 10.2. The highest BCUT2D eigenvalue weighted by Gasteiger charge is 2.67. The Bertz CT molecular complexity index is 1070. The van der Waals surface area contributed by atoms with Crippen LogP contribution in [0.15, 0.2) is 66.7 Å². The van der Waals surface area contributed by atoms with Crippen LogP contribution in [0, 0.1) is 18.8 Å². The van der Waals surface area contributed by atoms with E-state index in [1.807, 2.05) is 55.5 Å². The van der Waals surface area contributed by atoms with Crippen LogP contribution in [0.25, 0.3) is 0 Å². The van der Waals surface area contributed by atoms with Gasteiger partial charge in [-0.1, -0.05) is 60.2 Å². The van der Waals surface area contributed by atoms with Gasteiger partial charge in [-0.15, -0.1) is 0 Å². The summed E-state index contributed by atoms with van der Waals surface area (Å²) in [7, 11) is 0. The minimum absolute atomic E-state index is 0.0511. The number of alkyl carbamates (subject to hydrolysis) is 1. The minimum atomic E-state index is -1.05. The number of benzene rings is 2. The normalized spacial score (nSPS) is 28.2. The number of ether oxygens (including phenoxy) is 2. The van der Waals surface area contributed by atoms with Gasteiger partial charge in [-0.2, -0.15) is 0 Å². The first-order chi connectivity index (χ1) is 15.0. The van der Waals surface area contributed by atoms with Gasteiger partial charge in [0.05, 0.1) is 30.2 Å². The number of hydrogen-bond acceptors (Lipinski definition) is 5. The van der Waals surface area contributed by atoms with Crippen LogP contribution < -0.4 is 10.2 Å². The molecule has 0 saturated carbocycles. The molecule has 3 aliphatic heterocycles. The Hall–Kier alpha value is -3.45. The molecule has 2 aromatic carbocycles. The molecule has 2 bridgehead atoms. The number of hydrogen-bond donors (Lipinski definition) is 1. The van der Waals surface area contributed by atoms with Crippen LogP contribution in [-0.2, 0) is 25.7 Å². The highest BCUT2D eigenvalue weighted by atomic mass is 16.6. The van der Waals surface area contributed by atoms with Gasteiger partial charge < -0.3 is 14.8 Å². The van der Waals surface area contributed by atoms with E-state index in [1.165, 1.54) is 4.90 Å². The van der Waals surface area contributed by atoms with Gasteiger partial charge in [0.15, 0.2) is 0 Å². The van der Waals surface area contributed by atoms with Gasteiger partial charge >= 0.3 is 6.09 Å². The molecule has 2 aromatic rings. The third kappa shape index (κ3) is 3.21. The van der Waals surface area contributed by atoms with Gasteiger partial charge in [0.25, 0.3) is 0 Å². The first kappa shape index (κ1) is 19.5. The molecule has 2 saturated heterocycles. The standard InChI is InChI=1S/C24H22N2O5/c1-15-7-9-17(10-8-15)26-21(27)19-18-11-12-24(31-18,20(19)22(26)28)14-25-23(29)30-13-16-5-3-2-4-6-16/h2-12,18-20H,13-14H2,1H3,(H,25,29)/t18-,19+,20+,24-/m1/s1. The number of aryl methyl sites for hydroxylation is 1. The van der Waals surface area contributed by atoms with E-state index < -0.39 is 29.6 Å². The molecule has 7 heteroatoms. The van der Waals surface area contributed by atoms with Gasteiger partial charge in [0.2, 0.25) is 11.8 Å². The number of nitrogens with one attached hydrogen (secondary N) is 1. The molecule has 0 aliphatic carbocycles. The third-order valence-electron chi connectivity index (χ3n) is 6.17. The second-order valence-electron chi connectivity index (χ2n) is 8.16. The van der Waals surface area contributed by atoms with Gasteiger partial charge in [0.1, 0.15) is 12.2 Å². The number of nitrogens with zero attached hydrogens (tertiary/aromatic N) is 1. The molecule has 158 valence electrons. The van der Waals surface area contributed by atoms with Crippen molar-refractivity contribution in [3.05, 3.63) is 77.9 Å². The number of fused-ring (bicyclic) bond motifs is 5. The minimum Gasteiger partial charge on any atom is -0.445 e. The fraction of sp³-hybridized carbons (Fsp3) is 0.292. The summed E-state index contributed by atoms with van der Waals surface area (Å²) in [6, 6.07) is 16.6. The van der Waals surface area contributed by atoms with Gasteiger partial charge in [-0.3, -0.25) is 9.59 Å². The Balaban J connectivity index is 1.29. The molecule has 1 N–H and O–H groups in total. The Morgan fingerprint density at radius 2 is 1.84 bits per heavy atom. The van der Waals surface area contributed by atoms with Crippen LogP contribution in [0.2, 0.25) is 0 Å². The molecule has 0 radical (unpaired) electrons. The fourth-order valence-corrected chi connectivity index (χ4v) is 4.64. The molecular formula is C24H22N2O5. The summed E-state index contributed by atoms with van der Waals surface area (Å²) in [5, 5.41) is 2.70. The summed E-state index contributed by atoms with van der Waals surface area (Å²) in [6.07, 6.45) is 2.52. The average Bonchev–Trinajstić information content (AvgIpc) is 3.43. The molecule has 3 amide bonds. The van der Waals surface area contributed by atoms with Crippen molar-refractivity contribution in [1.29, 1.82) is 0 Å². The second kappa shape index (κ2) is 7.35. The summed E-state index contributed by atoms with van der Waals surface area (Å²) in [5.74, 6) is -1.82. The van der Waals surface area contributed by atoms with E-state index in [4.69, 9.17) is 9.47 Å². The van der Waals surface area contributed by atoms with Crippen molar-refractivity contribution in [2.45, 2.75) is 25.2 Å². The molecule has 0 unspecified atom stereocenters. The van der Waals surface area contributed by atoms with E-state index >= 15 is 0 Å². The maximum Gasteiger partial charge on any atom is 0.407 e. The van der Waals surface area contributed by atoms with E-state index in [2.05, 4.69) is 5.32 Å². The molecule has 3 aliphatic rings. The van der Waals surface area contributed by atoms with Gasteiger partial charge in [0, 0.05) is 0 Å². The SMILES string of the molecule is Cc1ccc(N2C(=O)[C@@H]3[C@@H](C2=O)[C@]2(CNC(=O)OCc4ccccc4)C=C[C@H]3O2)cc1. The lowest BCUT2D eigenvalue weighted by molar-refractivity contribution is -0.126. The third-order valence-corrected chi connectivity index (χ3v) is 6.17. The number of imide groups is 1. The summed E-state index contributed by atoms with van der Waals surface area (Å²) in [6.45, 7) is 2.14. The maximum atomic E-state index is 13.3. The van der Waals surface area contributed by atoms with Crippen LogP contribution in [0.5, 0.6) is 0 Å². The zero-order valence-corrected chi connectivity index (χ0v) is 17.0. The zero-order chi connectivity index (χ0) is 21.6. The molecule has 31 heavy (non-hydrogen) atoms. The number of carbonyl (C=O) groups is 3. The Morgan fingerprint density at radius 1 is 1.10 bits per heavy atom. The van der Waals surface area contributed by atoms with E-state index in [0.717, 1.165) is 11.1 Å². The Kier molecular flexibility index (Phi) is 4.63. The molecule has 4 atom stereocenters. The molecule has 0 spiro atoms. The number of carbonyl (C=O) groups excluding carboxylic acids is 3. The van der Waals surface area contributed by atoms with Crippen LogP contribution >= 0.6 is 0 Å². The van der Waals surface area contributed by atoms with Crippen LogP contribution in [-0.4, -0.2) is 36.2 Å². The van der Waals surface area contributed by atoms with E-state index in [9.17, 15) is 14.4 Å². The smallest absolute Gasteiger partial charge is 0.407 e. The number of amides is 3. The average molecular weight is 418 g/mol. The summed E-state index contributed by atoms with van der Waals surface area (Å²) < 4.78 is 11.3. The number of rotatable bonds is 5. The Labute approximate surface area is 179 Å². The molecular weight excluding hydrogens is 396 g/mol. The lowest BCUT2D eigenvalue weighted by atomic mass is 9.77. The number of anilines is 1. The summed E-state index contributed by atoms with van der Waals surface area (Å²) in [4.78, 5) is 39.8. The van der Waals surface area contributed by atoms with Crippen LogP contribution in [0.4, 0.5) is 10.5 Å².